The zero-order valence-corrected chi connectivity index (χ0v) is 11.1. The smallest absolute Gasteiger partial charge is 0.317 e. The molecule has 0 spiro atoms. The molecular weight excluding hydrogens is 282 g/mol. The maximum Gasteiger partial charge on any atom is 0.317 e. The fourth-order valence-corrected chi connectivity index (χ4v) is 2.71. The van der Waals surface area contributed by atoms with Gasteiger partial charge in [-0.25, -0.2) is 13.6 Å². The summed E-state index contributed by atoms with van der Waals surface area (Å²) < 4.78 is 26.3. The molecule has 0 saturated carbocycles. The molecule has 3 amide bonds. The van der Waals surface area contributed by atoms with Gasteiger partial charge in [-0.1, -0.05) is 0 Å². The minimum atomic E-state index is -1.11. The maximum atomic E-state index is 13.3. The number of nitrogens with one attached hydrogen (secondary N) is 1. The number of rotatable bonds is 1. The molecule has 1 aromatic carbocycles. The van der Waals surface area contributed by atoms with Gasteiger partial charge in [0.1, 0.15) is 0 Å². The van der Waals surface area contributed by atoms with Crippen LogP contribution < -0.4 is 11.1 Å². The highest BCUT2D eigenvalue weighted by Crippen LogP contribution is 2.21. The third-order valence-electron chi connectivity index (χ3n) is 3.84. The summed E-state index contributed by atoms with van der Waals surface area (Å²) in [6.45, 7) is 1.55. The molecule has 0 aromatic heterocycles. The molecule has 3 rings (SSSR count). The van der Waals surface area contributed by atoms with Crippen LogP contribution in [0.1, 0.15) is 10.4 Å². The molecule has 8 heteroatoms. The van der Waals surface area contributed by atoms with E-state index < -0.39 is 17.5 Å². The third kappa shape index (κ3) is 2.26. The maximum absolute atomic E-state index is 13.3. The number of amides is 3. The summed E-state index contributed by atoms with van der Waals surface area (Å²) in [5.74, 6) is -2.64. The number of benzene rings is 1. The quantitative estimate of drug-likeness (QED) is 0.736. The SMILES string of the molecule is Nc1cc(F)c(F)cc1C(=O)N1CCN2C(=O)NCC2C1. The van der Waals surface area contributed by atoms with Crippen LogP contribution in [0.25, 0.3) is 0 Å². The van der Waals surface area contributed by atoms with Gasteiger partial charge in [0.05, 0.1) is 11.6 Å². The van der Waals surface area contributed by atoms with Crippen molar-refractivity contribution in [3.05, 3.63) is 29.3 Å². The third-order valence-corrected chi connectivity index (χ3v) is 3.84. The second-order valence-electron chi connectivity index (χ2n) is 5.14. The van der Waals surface area contributed by atoms with E-state index in [1.807, 2.05) is 0 Å². The molecule has 1 atom stereocenters. The Morgan fingerprint density at radius 1 is 1.29 bits per heavy atom. The number of anilines is 1. The van der Waals surface area contributed by atoms with E-state index in [-0.39, 0.29) is 23.3 Å². The first kappa shape index (κ1) is 13.6. The second kappa shape index (κ2) is 4.87. The van der Waals surface area contributed by atoms with Gasteiger partial charge >= 0.3 is 6.03 Å². The predicted octanol–water partition coefficient (Wildman–Crippen LogP) is 0.397. The van der Waals surface area contributed by atoms with Crippen molar-refractivity contribution in [2.24, 2.45) is 0 Å². The number of nitrogen functional groups attached to an aromatic ring is 1. The van der Waals surface area contributed by atoms with Crippen molar-refractivity contribution in [2.45, 2.75) is 6.04 Å². The molecule has 1 aromatic rings. The summed E-state index contributed by atoms with van der Waals surface area (Å²) in [6.07, 6.45) is 0. The number of hydrogen-bond acceptors (Lipinski definition) is 3. The molecule has 2 saturated heterocycles. The first-order valence-corrected chi connectivity index (χ1v) is 6.55. The number of fused-ring (bicyclic) bond motifs is 1. The Morgan fingerprint density at radius 2 is 2.00 bits per heavy atom. The summed E-state index contributed by atoms with van der Waals surface area (Å²) >= 11 is 0. The van der Waals surface area contributed by atoms with Crippen LogP contribution in [-0.2, 0) is 0 Å². The van der Waals surface area contributed by atoms with Gasteiger partial charge in [0.2, 0.25) is 0 Å². The Labute approximate surface area is 119 Å². The number of carbonyl (C=O) groups excluding carboxylic acids is 2. The van der Waals surface area contributed by atoms with Crippen molar-refractivity contribution in [3.8, 4) is 0 Å². The number of carbonyl (C=O) groups is 2. The second-order valence-corrected chi connectivity index (χ2v) is 5.14. The highest BCUT2D eigenvalue weighted by molar-refractivity contribution is 5.99. The van der Waals surface area contributed by atoms with E-state index in [9.17, 15) is 18.4 Å². The van der Waals surface area contributed by atoms with Crippen LogP contribution in [0, 0.1) is 11.6 Å². The number of urea groups is 1. The fourth-order valence-electron chi connectivity index (χ4n) is 2.71. The number of nitrogens with two attached hydrogens (primary N) is 1. The fraction of sp³-hybridized carbons (Fsp3) is 0.385. The lowest BCUT2D eigenvalue weighted by Gasteiger charge is -2.36. The average molecular weight is 296 g/mol. The lowest BCUT2D eigenvalue weighted by atomic mass is 10.1. The number of nitrogens with zero attached hydrogens (tertiary/aromatic N) is 2. The monoisotopic (exact) mass is 296 g/mol. The molecule has 2 aliphatic rings. The predicted molar refractivity (Wildman–Crippen MR) is 70.6 cm³/mol. The molecule has 0 radical (unpaired) electrons. The van der Waals surface area contributed by atoms with E-state index in [0.717, 1.165) is 12.1 Å². The van der Waals surface area contributed by atoms with Crippen molar-refractivity contribution < 1.29 is 18.4 Å². The van der Waals surface area contributed by atoms with Crippen LogP contribution >= 0.6 is 0 Å². The number of piperazine rings is 1. The summed E-state index contributed by atoms with van der Waals surface area (Å²) in [6, 6.07) is 1.39. The molecule has 2 fully saturated rings. The van der Waals surface area contributed by atoms with E-state index in [1.165, 1.54) is 4.90 Å². The Kier molecular flexibility index (Phi) is 3.15. The number of halogens is 2. The highest BCUT2D eigenvalue weighted by atomic mass is 19.2. The van der Waals surface area contributed by atoms with Crippen molar-refractivity contribution in [1.29, 1.82) is 0 Å². The van der Waals surface area contributed by atoms with Gasteiger partial charge in [-0.05, 0) is 6.07 Å². The Hall–Kier alpha value is -2.38. The zero-order valence-electron chi connectivity index (χ0n) is 11.1. The van der Waals surface area contributed by atoms with Gasteiger partial charge in [-0.2, -0.15) is 0 Å². The van der Waals surface area contributed by atoms with Gasteiger partial charge in [0.25, 0.3) is 5.91 Å². The average Bonchev–Trinajstić information content (AvgIpc) is 2.83. The standard InChI is InChI=1S/C13H14F2N4O2/c14-9-3-8(11(16)4-10(9)15)12(20)18-1-2-19-7(6-18)5-17-13(19)21/h3-4,7H,1-2,5-6,16H2,(H,17,21). The van der Waals surface area contributed by atoms with E-state index in [0.29, 0.717) is 26.2 Å². The Bertz CT molecular complexity index is 622. The first-order chi connectivity index (χ1) is 9.97. The van der Waals surface area contributed by atoms with Crippen LogP contribution in [0.3, 0.4) is 0 Å². The van der Waals surface area contributed by atoms with Crippen molar-refractivity contribution >= 4 is 17.6 Å². The molecule has 1 unspecified atom stereocenters. The largest absolute Gasteiger partial charge is 0.398 e. The lowest BCUT2D eigenvalue weighted by Crippen LogP contribution is -2.53. The summed E-state index contributed by atoms with van der Waals surface area (Å²) in [7, 11) is 0. The van der Waals surface area contributed by atoms with Crippen molar-refractivity contribution in [3.63, 3.8) is 0 Å². The van der Waals surface area contributed by atoms with Gasteiger partial charge in [-0.3, -0.25) is 4.79 Å². The van der Waals surface area contributed by atoms with Crippen LogP contribution in [0.5, 0.6) is 0 Å². The van der Waals surface area contributed by atoms with Crippen LogP contribution in [-0.4, -0.2) is 54.0 Å². The Balaban J connectivity index is 1.80. The summed E-state index contributed by atoms with van der Waals surface area (Å²) in [4.78, 5) is 27.0. The molecule has 112 valence electrons. The van der Waals surface area contributed by atoms with Crippen LogP contribution in [0.4, 0.5) is 19.3 Å². The molecule has 6 nitrogen and oxygen atoms in total. The van der Waals surface area contributed by atoms with Crippen LogP contribution in [0.15, 0.2) is 12.1 Å². The molecular formula is C13H14F2N4O2. The molecule has 0 bridgehead atoms. The highest BCUT2D eigenvalue weighted by Gasteiger charge is 2.37. The van der Waals surface area contributed by atoms with Gasteiger partial charge in [-0.15, -0.1) is 0 Å². The summed E-state index contributed by atoms with van der Waals surface area (Å²) in [5.41, 5.74) is 5.44. The van der Waals surface area contributed by atoms with E-state index in [2.05, 4.69) is 5.32 Å². The molecule has 0 aliphatic carbocycles. The molecule has 21 heavy (non-hydrogen) atoms. The minimum absolute atomic E-state index is 0.0559. The van der Waals surface area contributed by atoms with E-state index in [4.69, 9.17) is 5.73 Å². The van der Waals surface area contributed by atoms with Crippen molar-refractivity contribution in [2.75, 3.05) is 31.9 Å². The van der Waals surface area contributed by atoms with E-state index >= 15 is 0 Å². The lowest BCUT2D eigenvalue weighted by molar-refractivity contribution is 0.0617. The normalized spacial score (nSPS) is 21.2. The first-order valence-electron chi connectivity index (χ1n) is 6.55. The number of hydrogen-bond donors (Lipinski definition) is 2. The molecule has 2 aliphatic heterocycles. The Morgan fingerprint density at radius 3 is 2.76 bits per heavy atom. The van der Waals surface area contributed by atoms with Gasteiger partial charge < -0.3 is 20.9 Å². The van der Waals surface area contributed by atoms with Gasteiger partial charge in [0, 0.05) is 37.9 Å². The molecule has 3 N–H and O–H groups in total. The van der Waals surface area contributed by atoms with Crippen molar-refractivity contribution in [1.82, 2.24) is 15.1 Å². The van der Waals surface area contributed by atoms with Gasteiger partial charge in [0.15, 0.2) is 11.6 Å². The summed E-state index contributed by atoms with van der Waals surface area (Å²) in [5, 5.41) is 2.70. The zero-order chi connectivity index (χ0) is 15.1. The van der Waals surface area contributed by atoms with E-state index in [1.54, 1.807) is 4.90 Å². The molecule has 2 heterocycles. The van der Waals surface area contributed by atoms with Crippen LogP contribution in [0.2, 0.25) is 0 Å². The topological polar surface area (TPSA) is 78.7 Å². The minimum Gasteiger partial charge on any atom is -0.398 e.